The molecule has 0 bridgehead atoms. The number of ketones is 1. The van der Waals surface area contributed by atoms with Gasteiger partial charge in [-0.1, -0.05) is 12.1 Å². The Hall–Kier alpha value is -1.28. The molecule has 84 valence electrons. The number of carbonyl (C=O) groups is 1. The van der Waals surface area contributed by atoms with Crippen LogP contribution < -0.4 is 0 Å². The Kier molecular flexibility index (Phi) is 2.76. The predicted molar refractivity (Wildman–Crippen MR) is 67.4 cm³/mol. The van der Waals surface area contributed by atoms with E-state index in [4.69, 9.17) is 11.6 Å². The number of nitrogens with zero attached hydrogens (tertiary/aromatic N) is 1. The first-order valence-electron chi connectivity index (χ1n) is 5.21. The molecule has 0 aliphatic carbocycles. The maximum atomic E-state index is 11.8. The van der Waals surface area contributed by atoms with E-state index in [0.717, 1.165) is 22.2 Å². The van der Waals surface area contributed by atoms with Crippen LogP contribution in [-0.2, 0) is 7.05 Å². The molecule has 1 aromatic carbocycles. The highest BCUT2D eigenvalue weighted by atomic mass is 35.5. The Morgan fingerprint density at radius 3 is 2.69 bits per heavy atom. The van der Waals surface area contributed by atoms with Crippen molar-refractivity contribution < 1.29 is 4.79 Å². The van der Waals surface area contributed by atoms with E-state index < -0.39 is 0 Å². The fraction of sp³-hybridized carbons (Fsp3) is 0.308. The SMILES string of the molecule is Cc1ccc2c(C(=O)CCl)c(C)n(C)c2c1. The van der Waals surface area contributed by atoms with Gasteiger partial charge in [0.15, 0.2) is 5.78 Å². The van der Waals surface area contributed by atoms with Crippen molar-refractivity contribution in [2.75, 3.05) is 5.88 Å². The molecule has 0 saturated carbocycles. The standard InChI is InChI=1S/C13H14ClNO/c1-8-4-5-10-11(6-8)15(3)9(2)13(10)12(16)7-14/h4-6H,7H2,1-3H3. The summed E-state index contributed by atoms with van der Waals surface area (Å²) in [6.45, 7) is 4.00. The second-order valence-electron chi connectivity index (χ2n) is 4.10. The maximum absolute atomic E-state index is 11.8. The summed E-state index contributed by atoms with van der Waals surface area (Å²) in [7, 11) is 1.97. The topological polar surface area (TPSA) is 22.0 Å². The first-order valence-corrected chi connectivity index (χ1v) is 5.74. The number of aryl methyl sites for hydroxylation is 2. The van der Waals surface area contributed by atoms with Crippen LogP contribution in [0.2, 0.25) is 0 Å². The largest absolute Gasteiger partial charge is 0.347 e. The number of halogens is 1. The van der Waals surface area contributed by atoms with Crippen molar-refractivity contribution >= 4 is 28.3 Å². The van der Waals surface area contributed by atoms with Gasteiger partial charge in [0.05, 0.1) is 5.88 Å². The first-order chi connectivity index (χ1) is 7.56. The lowest BCUT2D eigenvalue weighted by Gasteiger charge is -1.99. The maximum Gasteiger partial charge on any atom is 0.180 e. The molecule has 0 aliphatic rings. The molecule has 0 radical (unpaired) electrons. The van der Waals surface area contributed by atoms with E-state index in [-0.39, 0.29) is 11.7 Å². The van der Waals surface area contributed by atoms with E-state index in [1.807, 2.05) is 37.6 Å². The summed E-state index contributed by atoms with van der Waals surface area (Å²) in [5, 5.41) is 0.997. The second kappa shape index (κ2) is 3.95. The van der Waals surface area contributed by atoms with Crippen molar-refractivity contribution in [1.82, 2.24) is 4.57 Å². The Balaban J connectivity index is 2.84. The molecule has 2 rings (SSSR count). The van der Waals surface area contributed by atoms with Gasteiger partial charge in [0, 0.05) is 29.2 Å². The van der Waals surface area contributed by atoms with E-state index in [1.54, 1.807) is 0 Å². The summed E-state index contributed by atoms with van der Waals surface area (Å²) in [6, 6.07) is 6.11. The zero-order valence-corrected chi connectivity index (χ0v) is 10.4. The smallest absolute Gasteiger partial charge is 0.180 e. The highest BCUT2D eigenvalue weighted by Gasteiger charge is 2.17. The number of fused-ring (bicyclic) bond motifs is 1. The van der Waals surface area contributed by atoms with Crippen molar-refractivity contribution in [1.29, 1.82) is 0 Å². The number of aromatic nitrogens is 1. The van der Waals surface area contributed by atoms with Crippen LogP contribution in [0.25, 0.3) is 10.9 Å². The van der Waals surface area contributed by atoms with Gasteiger partial charge < -0.3 is 4.57 Å². The zero-order valence-electron chi connectivity index (χ0n) is 9.67. The molecule has 0 atom stereocenters. The molecule has 0 fully saturated rings. The van der Waals surface area contributed by atoms with Crippen molar-refractivity contribution in [2.45, 2.75) is 13.8 Å². The van der Waals surface area contributed by atoms with Crippen LogP contribution in [0.3, 0.4) is 0 Å². The molecule has 16 heavy (non-hydrogen) atoms. The van der Waals surface area contributed by atoms with Crippen LogP contribution in [0.5, 0.6) is 0 Å². The summed E-state index contributed by atoms with van der Waals surface area (Å²) in [5.41, 5.74) is 4.02. The van der Waals surface area contributed by atoms with E-state index in [0.29, 0.717) is 0 Å². The highest BCUT2D eigenvalue weighted by Crippen LogP contribution is 2.26. The number of alkyl halides is 1. The van der Waals surface area contributed by atoms with Crippen molar-refractivity contribution in [3.8, 4) is 0 Å². The van der Waals surface area contributed by atoms with Crippen LogP contribution in [0.15, 0.2) is 18.2 Å². The molecule has 0 spiro atoms. The molecule has 0 amide bonds. The minimum atomic E-state index is -0.00591. The summed E-state index contributed by atoms with van der Waals surface area (Å²) in [6.07, 6.45) is 0. The molecule has 0 saturated heterocycles. The molecule has 1 aromatic heterocycles. The summed E-state index contributed by atoms with van der Waals surface area (Å²) >= 11 is 5.64. The van der Waals surface area contributed by atoms with Crippen LogP contribution in [0, 0.1) is 13.8 Å². The van der Waals surface area contributed by atoms with E-state index >= 15 is 0 Å². The molecule has 0 aliphatic heterocycles. The van der Waals surface area contributed by atoms with Gasteiger partial charge in [-0.25, -0.2) is 0 Å². The van der Waals surface area contributed by atoms with E-state index in [2.05, 4.69) is 6.07 Å². The first kappa shape index (κ1) is 11.2. The molecular weight excluding hydrogens is 222 g/mol. The number of hydrogen-bond acceptors (Lipinski definition) is 1. The number of hydrogen-bond donors (Lipinski definition) is 0. The zero-order chi connectivity index (χ0) is 11.9. The molecular formula is C13H14ClNO. The van der Waals surface area contributed by atoms with Gasteiger partial charge in [-0.15, -0.1) is 11.6 Å². The third-order valence-electron chi connectivity index (χ3n) is 3.05. The molecule has 0 unspecified atom stereocenters. The molecule has 2 aromatic rings. The average Bonchev–Trinajstić information content (AvgIpc) is 2.52. The lowest BCUT2D eigenvalue weighted by atomic mass is 10.1. The van der Waals surface area contributed by atoms with E-state index in [9.17, 15) is 4.79 Å². The molecule has 1 heterocycles. The minimum Gasteiger partial charge on any atom is -0.347 e. The molecule has 2 nitrogen and oxygen atoms in total. The summed E-state index contributed by atoms with van der Waals surface area (Å²) in [5.74, 6) is 0.0296. The van der Waals surface area contributed by atoms with Crippen molar-refractivity contribution in [3.63, 3.8) is 0 Å². The third-order valence-corrected chi connectivity index (χ3v) is 3.29. The lowest BCUT2D eigenvalue weighted by Crippen LogP contribution is -2.02. The molecule has 3 heteroatoms. The number of rotatable bonds is 2. The van der Waals surface area contributed by atoms with Gasteiger partial charge >= 0.3 is 0 Å². The fourth-order valence-electron chi connectivity index (χ4n) is 2.09. The summed E-state index contributed by atoms with van der Waals surface area (Å²) < 4.78 is 2.04. The number of carbonyl (C=O) groups excluding carboxylic acids is 1. The summed E-state index contributed by atoms with van der Waals surface area (Å²) in [4.78, 5) is 11.8. The van der Waals surface area contributed by atoms with Crippen LogP contribution in [-0.4, -0.2) is 16.2 Å². The van der Waals surface area contributed by atoms with Crippen molar-refractivity contribution in [2.24, 2.45) is 7.05 Å². The Morgan fingerprint density at radius 1 is 1.38 bits per heavy atom. The Bertz CT molecular complexity index is 569. The third kappa shape index (κ3) is 1.54. The average molecular weight is 236 g/mol. The van der Waals surface area contributed by atoms with E-state index in [1.165, 1.54) is 5.56 Å². The van der Waals surface area contributed by atoms with Gasteiger partial charge in [0.2, 0.25) is 0 Å². The Labute approximate surface area is 99.8 Å². The number of Topliss-reactive ketones (excluding diaryl/α,β-unsaturated/α-hetero) is 1. The second-order valence-corrected chi connectivity index (χ2v) is 4.36. The van der Waals surface area contributed by atoms with Gasteiger partial charge in [-0.2, -0.15) is 0 Å². The van der Waals surface area contributed by atoms with Crippen LogP contribution in [0.1, 0.15) is 21.6 Å². The number of benzene rings is 1. The van der Waals surface area contributed by atoms with Crippen molar-refractivity contribution in [3.05, 3.63) is 35.0 Å². The monoisotopic (exact) mass is 235 g/mol. The van der Waals surface area contributed by atoms with Gasteiger partial charge in [0.25, 0.3) is 0 Å². The van der Waals surface area contributed by atoms with Crippen LogP contribution in [0.4, 0.5) is 0 Å². The van der Waals surface area contributed by atoms with Gasteiger partial charge in [-0.3, -0.25) is 4.79 Å². The normalized spacial score (nSPS) is 11.0. The van der Waals surface area contributed by atoms with Gasteiger partial charge in [-0.05, 0) is 25.5 Å². The van der Waals surface area contributed by atoms with Crippen LogP contribution >= 0.6 is 11.6 Å². The predicted octanol–water partition coefficient (Wildman–Crippen LogP) is 3.22. The quantitative estimate of drug-likeness (QED) is 0.579. The minimum absolute atomic E-state index is 0.00591. The fourth-order valence-corrected chi connectivity index (χ4v) is 2.23. The lowest BCUT2D eigenvalue weighted by molar-refractivity contribution is 0.102. The molecule has 0 N–H and O–H groups in total. The highest BCUT2D eigenvalue weighted by molar-refractivity contribution is 6.32. The van der Waals surface area contributed by atoms with Gasteiger partial charge in [0.1, 0.15) is 0 Å². The Morgan fingerprint density at radius 2 is 2.06 bits per heavy atom.